The van der Waals surface area contributed by atoms with Gasteiger partial charge in [0.05, 0.1) is 22.2 Å². The molecule has 11 heteroatoms. The van der Waals surface area contributed by atoms with Crippen molar-refractivity contribution < 1.29 is 22.7 Å². The molecular weight excluding hydrogens is 618 g/mol. The van der Waals surface area contributed by atoms with Gasteiger partial charge < -0.3 is 15.0 Å². The number of carbonyl (C=O) groups is 2. The van der Waals surface area contributed by atoms with Crippen LogP contribution in [0.3, 0.4) is 0 Å². The SMILES string of the molecule is CCCNC(=O)C(C)N(Cc1ccc(Cl)cc1)C(=O)CN(c1ccc(C)cc1)S(=O)(=O)c1ccc(OC)c(Br)c1. The summed E-state index contributed by atoms with van der Waals surface area (Å²) < 4.78 is 34.7. The third kappa shape index (κ3) is 7.77. The van der Waals surface area contributed by atoms with E-state index >= 15 is 0 Å². The van der Waals surface area contributed by atoms with E-state index in [1.165, 1.54) is 24.1 Å². The van der Waals surface area contributed by atoms with Crippen LogP contribution in [0.25, 0.3) is 0 Å². The number of halogens is 2. The summed E-state index contributed by atoms with van der Waals surface area (Å²) in [6, 6.07) is 17.3. The predicted molar refractivity (Wildman–Crippen MR) is 161 cm³/mol. The summed E-state index contributed by atoms with van der Waals surface area (Å²) in [5.41, 5.74) is 2.00. The van der Waals surface area contributed by atoms with Crippen molar-refractivity contribution in [1.29, 1.82) is 0 Å². The second-order valence-corrected chi connectivity index (χ2v) is 12.4. The molecule has 3 rings (SSSR count). The van der Waals surface area contributed by atoms with Crippen LogP contribution < -0.4 is 14.4 Å². The summed E-state index contributed by atoms with van der Waals surface area (Å²) in [7, 11) is -2.71. The second kappa shape index (κ2) is 14.0. The molecule has 8 nitrogen and oxygen atoms in total. The Labute approximate surface area is 249 Å². The lowest BCUT2D eigenvalue weighted by atomic mass is 10.1. The van der Waals surface area contributed by atoms with Gasteiger partial charge in [-0.1, -0.05) is 48.4 Å². The number of hydrogen-bond donors (Lipinski definition) is 1. The zero-order valence-electron chi connectivity index (χ0n) is 22.9. The van der Waals surface area contributed by atoms with E-state index in [2.05, 4.69) is 21.2 Å². The fourth-order valence-corrected chi connectivity index (χ4v) is 6.20. The van der Waals surface area contributed by atoms with E-state index in [0.29, 0.717) is 27.5 Å². The highest BCUT2D eigenvalue weighted by atomic mass is 79.9. The van der Waals surface area contributed by atoms with Gasteiger partial charge in [-0.15, -0.1) is 0 Å². The molecule has 0 heterocycles. The van der Waals surface area contributed by atoms with E-state index in [1.807, 2.05) is 13.8 Å². The van der Waals surface area contributed by atoms with Crippen molar-refractivity contribution in [2.75, 3.05) is 24.5 Å². The maximum absolute atomic E-state index is 14.0. The molecule has 0 aliphatic carbocycles. The van der Waals surface area contributed by atoms with Crippen LogP contribution in [0.5, 0.6) is 5.75 Å². The molecule has 0 bridgehead atoms. The Hall–Kier alpha value is -3.08. The normalized spacial score (nSPS) is 11.9. The lowest BCUT2D eigenvalue weighted by Crippen LogP contribution is -2.51. The van der Waals surface area contributed by atoms with Crippen molar-refractivity contribution in [3.05, 3.63) is 87.4 Å². The average molecular weight is 651 g/mol. The first-order valence-electron chi connectivity index (χ1n) is 12.7. The minimum atomic E-state index is -4.20. The number of hydrogen-bond acceptors (Lipinski definition) is 5. The Balaban J connectivity index is 2.03. The van der Waals surface area contributed by atoms with Gasteiger partial charge in [0.25, 0.3) is 10.0 Å². The van der Waals surface area contributed by atoms with Gasteiger partial charge in [-0.3, -0.25) is 13.9 Å². The Morgan fingerprint density at radius 2 is 1.70 bits per heavy atom. The molecule has 0 saturated heterocycles. The molecule has 0 aromatic heterocycles. The van der Waals surface area contributed by atoms with Crippen molar-refractivity contribution in [2.24, 2.45) is 0 Å². The number of amides is 2. The second-order valence-electron chi connectivity index (χ2n) is 9.26. The molecular formula is C29H33BrClN3O5S. The molecule has 1 N–H and O–H groups in total. The van der Waals surface area contributed by atoms with Gasteiger partial charge in [0.1, 0.15) is 18.3 Å². The van der Waals surface area contributed by atoms with Crippen LogP contribution >= 0.6 is 27.5 Å². The lowest BCUT2D eigenvalue weighted by molar-refractivity contribution is -0.139. The number of methoxy groups -OCH3 is 1. The fourth-order valence-electron chi connectivity index (χ4n) is 3.94. The highest BCUT2D eigenvalue weighted by Crippen LogP contribution is 2.31. The van der Waals surface area contributed by atoms with Crippen LogP contribution in [0, 0.1) is 6.92 Å². The fraction of sp³-hybridized carbons (Fsp3) is 0.310. The molecule has 0 fully saturated rings. The summed E-state index contributed by atoms with van der Waals surface area (Å²) >= 11 is 9.39. The maximum Gasteiger partial charge on any atom is 0.264 e. The first kappa shape index (κ1) is 31.4. The van der Waals surface area contributed by atoms with Gasteiger partial charge in [0.15, 0.2) is 0 Å². The topological polar surface area (TPSA) is 96.0 Å². The molecule has 0 aliphatic rings. The maximum atomic E-state index is 14.0. The lowest BCUT2D eigenvalue weighted by Gasteiger charge is -2.32. The molecule has 214 valence electrons. The van der Waals surface area contributed by atoms with Crippen LogP contribution in [-0.2, 0) is 26.2 Å². The number of rotatable bonds is 12. The Kier molecular flexibility index (Phi) is 11.0. The number of carbonyl (C=O) groups excluding carboxylic acids is 2. The van der Waals surface area contributed by atoms with E-state index in [0.717, 1.165) is 21.9 Å². The number of nitrogens with one attached hydrogen (secondary N) is 1. The Morgan fingerprint density at radius 3 is 2.27 bits per heavy atom. The zero-order valence-corrected chi connectivity index (χ0v) is 26.0. The smallest absolute Gasteiger partial charge is 0.264 e. The van der Waals surface area contributed by atoms with Crippen LogP contribution in [0.4, 0.5) is 5.69 Å². The molecule has 40 heavy (non-hydrogen) atoms. The van der Waals surface area contributed by atoms with E-state index in [4.69, 9.17) is 16.3 Å². The molecule has 3 aromatic carbocycles. The first-order valence-corrected chi connectivity index (χ1v) is 15.3. The monoisotopic (exact) mass is 649 g/mol. The zero-order chi connectivity index (χ0) is 29.4. The minimum absolute atomic E-state index is 0.0217. The van der Waals surface area contributed by atoms with Crippen LogP contribution in [0.2, 0.25) is 5.02 Å². The third-order valence-electron chi connectivity index (χ3n) is 6.29. The van der Waals surface area contributed by atoms with Gasteiger partial charge in [0.2, 0.25) is 11.8 Å². The average Bonchev–Trinajstić information content (AvgIpc) is 2.94. The van der Waals surface area contributed by atoms with Gasteiger partial charge in [-0.05, 0) is 84.2 Å². The van der Waals surface area contributed by atoms with Gasteiger partial charge >= 0.3 is 0 Å². The first-order chi connectivity index (χ1) is 19.0. The van der Waals surface area contributed by atoms with Crippen molar-refractivity contribution in [3.8, 4) is 5.75 Å². The van der Waals surface area contributed by atoms with Crippen molar-refractivity contribution >= 4 is 55.1 Å². The molecule has 2 amide bonds. The van der Waals surface area contributed by atoms with Crippen molar-refractivity contribution in [2.45, 2.75) is 44.7 Å². The number of aryl methyl sites for hydroxylation is 1. The number of anilines is 1. The summed E-state index contributed by atoms with van der Waals surface area (Å²) in [6.45, 7) is 5.48. The van der Waals surface area contributed by atoms with Gasteiger partial charge in [-0.2, -0.15) is 0 Å². The van der Waals surface area contributed by atoms with E-state index in [9.17, 15) is 18.0 Å². The van der Waals surface area contributed by atoms with Gasteiger partial charge in [-0.25, -0.2) is 8.42 Å². The van der Waals surface area contributed by atoms with E-state index in [1.54, 1.807) is 61.5 Å². The molecule has 0 aliphatic heterocycles. The number of nitrogens with zero attached hydrogens (tertiary/aromatic N) is 2. The summed E-state index contributed by atoms with van der Waals surface area (Å²) in [5, 5.41) is 3.36. The van der Waals surface area contributed by atoms with Crippen molar-refractivity contribution in [3.63, 3.8) is 0 Å². The largest absolute Gasteiger partial charge is 0.496 e. The highest BCUT2D eigenvalue weighted by molar-refractivity contribution is 9.10. The van der Waals surface area contributed by atoms with Crippen LogP contribution in [0.15, 0.2) is 76.1 Å². The summed E-state index contributed by atoms with van der Waals surface area (Å²) in [5.74, 6) is -0.392. The third-order valence-corrected chi connectivity index (χ3v) is 8.94. The summed E-state index contributed by atoms with van der Waals surface area (Å²) in [6.07, 6.45) is 0.737. The van der Waals surface area contributed by atoms with E-state index < -0.39 is 28.5 Å². The molecule has 0 spiro atoms. The number of benzene rings is 3. The molecule has 0 saturated carbocycles. The molecule has 1 unspecified atom stereocenters. The minimum Gasteiger partial charge on any atom is -0.496 e. The quantitative estimate of drug-likeness (QED) is 0.277. The summed E-state index contributed by atoms with van der Waals surface area (Å²) in [4.78, 5) is 28.2. The van der Waals surface area contributed by atoms with E-state index in [-0.39, 0.29) is 17.3 Å². The molecule has 3 aromatic rings. The highest BCUT2D eigenvalue weighted by Gasteiger charge is 2.32. The molecule has 0 radical (unpaired) electrons. The standard InChI is InChI=1S/C29H33BrClN3O5S/c1-5-16-32-29(36)21(3)33(18-22-8-10-23(31)11-9-22)28(35)19-34(24-12-6-20(2)7-13-24)40(37,38)25-14-15-27(39-4)26(30)17-25/h6-15,17,21H,5,16,18-19H2,1-4H3,(H,32,36). The van der Waals surface area contributed by atoms with Crippen LogP contribution in [-0.4, -0.2) is 51.4 Å². The molecule has 1 atom stereocenters. The number of sulfonamides is 1. The van der Waals surface area contributed by atoms with Gasteiger partial charge in [0, 0.05) is 18.1 Å². The van der Waals surface area contributed by atoms with Crippen molar-refractivity contribution in [1.82, 2.24) is 10.2 Å². The number of ether oxygens (including phenoxy) is 1. The Bertz CT molecular complexity index is 1430. The predicted octanol–water partition coefficient (Wildman–Crippen LogP) is 5.56. The van der Waals surface area contributed by atoms with Crippen LogP contribution in [0.1, 0.15) is 31.4 Å². The Morgan fingerprint density at radius 1 is 1.05 bits per heavy atom.